The number of halogens is 1. The van der Waals surface area contributed by atoms with Crippen LogP contribution in [0, 0.1) is 11.9 Å². The first-order valence-corrected chi connectivity index (χ1v) is 7.02. The summed E-state index contributed by atoms with van der Waals surface area (Å²) in [6, 6.07) is 13.4. The average Bonchev–Trinajstić information content (AvgIpc) is 2.38. The second-order valence-corrected chi connectivity index (χ2v) is 5.55. The number of aromatic nitrogens is 1. The SMILES string of the molecule is CC(C)Cc1ccc(C(C)Nc2cccc(F)n2)cc1. The van der Waals surface area contributed by atoms with E-state index >= 15 is 0 Å². The van der Waals surface area contributed by atoms with Crippen molar-refractivity contribution in [3.63, 3.8) is 0 Å². The lowest BCUT2D eigenvalue weighted by Gasteiger charge is -2.15. The summed E-state index contributed by atoms with van der Waals surface area (Å²) in [6.07, 6.45) is 1.09. The topological polar surface area (TPSA) is 24.9 Å². The van der Waals surface area contributed by atoms with E-state index in [0.29, 0.717) is 11.7 Å². The van der Waals surface area contributed by atoms with Crippen LogP contribution in [0.15, 0.2) is 42.5 Å². The van der Waals surface area contributed by atoms with Gasteiger partial charge in [-0.05, 0) is 42.5 Å². The van der Waals surface area contributed by atoms with Crippen LogP contribution in [0.25, 0.3) is 0 Å². The van der Waals surface area contributed by atoms with Crippen molar-refractivity contribution in [3.8, 4) is 0 Å². The number of anilines is 1. The van der Waals surface area contributed by atoms with Gasteiger partial charge in [0.1, 0.15) is 5.82 Å². The molecule has 0 aliphatic rings. The molecule has 2 rings (SSSR count). The van der Waals surface area contributed by atoms with E-state index in [9.17, 15) is 4.39 Å². The molecule has 0 radical (unpaired) electrons. The number of hydrogen-bond acceptors (Lipinski definition) is 2. The van der Waals surface area contributed by atoms with Gasteiger partial charge in [-0.25, -0.2) is 4.98 Å². The van der Waals surface area contributed by atoms with Gasteiger partial charge in [-0.1, -0.05) is 44.2 Å². The average molecular weight is 272 g/mol. The monoisotopic (exact) mass is 272 g/mol. The Morgan fingerprint density at radius 2 is 1.75 bits per heavy atom. The van der Waals surface area contributed by atoms with Crippen molar-refractivity contribution in [3.05, 3.63) is 59.5 Å². The molecule has 1 aromatic carbocycles. The second kappa shape index (κ2) is 6.51. The molecule has 20 heavy (non-hydrogen) atoms. The van der Waals surface area contributed by atoms with Crippen LogP contribution in [-0.4, -0.2) is 4.98 Å². The molecule has 0 aliphatic heterocycles. The van der Waals surface area contributed by atoms with Crippen LogP contribution in [0.2, 0.25) is 0 Å². The Balaban J connectivity index is 2.03. The highest BCUT2D eigenvalue weighted by Gasteiger charge is 2.07. The number of nitrogens with one attached hydrogen (secondary N) is 1. The minimum Gasteiger partial charge on any atom is -0.363 e. The van der Waals surface area contributed by atoms with E-state index in [1.807, 2.05) is 6.92 Å². The van der Waals surface area contributed by atoms with Crippen LogP contribution in [0.5, 0.6) is 0 Å². The number of benzene rings is 1. The lowest BCUT2D eigenvalue weighted by atomic mass is 10.00. The van der Waals surface area contributed by atoms with Gasteiger partial charge in [0, 0.05) is 6.04 Å². The first kappa shape index (κ1) is 14.5. The minimum atomic E-state index is -0.463. The Labute approximate surface area is 120 Å². The van der Waals surface area contributed by atoms with Gasteiger partial charge in [0.05, 0.1) is 0 Å². The van der Waals surface area contributed by atoms with Gasteiger partial charge in [-0.3, -0.25) is 0 Å². The summed E-state index contributed by atoms with van der Waals surface area (Å²) in [7, 11) is 0. The third-order valence-corrected chi connectivity index (χ3v) is 3.20. The molecule has 0 spiro atoms. The molecule has 1 unspecified atom stereocenters. The van der Waals surface area contributed by atoms with Crippen LogP contribution >= 0.6 is 0 Å². The fourth-order valence-electron chi connectivity index (χ4n) is 2.21. The van der Waals surface area contributed by atoms with Crippen molar-refractivity contribution >= 4 is 5.82 Å². The molecule has 1 atom stereocenters. The molecule has 2 nitrogen and oxygen atoms in total. The Morgan fingerprint density at radius 3 is 2.35 bits per heavy atom. The summed E-state index contributed by atoms with van der Waals surface area (Å²) in [5, 5.41) is 3.21. The van der Waals surface area contributed by atoms with Crippen LogP contribution in [-0.2, 0) is 6.42 Å². The molecular weight excluding hydrogens is 251 g/mol. The molecule has 0 saturated carbocycles. The molecule has 0 fully saturated rings. The van der Waals surface area contributed by atoms with E-state index in [2.05, 4.69) is 48.4 Å². The van der Waals surface area contributed by atoms with Gasteiger partial charge in [-0.15, -0.1) is 0 Å². The molecule has 0 saturated heterocycles. The van der Waals surface area contributed by atoms with E-state index in [-0.39, 0.29) is 6.04 Å². The third-order valence-electron chi connectivity index (χ3n) is 3.20. The fraction of sp³-hybridized carbons (Fsp3) is 0.353. The largest absolute Gasteiger partial charge is 0.363 e. The minimum absolute atomic E-state index is 0.0948. The van der Waals surface area contributed by atoms with Crippen molar-refractivity contribution < 1.29 is 4.39 Å². The van der Waals surface area contributed by atoms with Gasteiger partial charge >= 0.3 is 0 Å². The van der Waals surface area contributed by atoms with Gasteiger partial charge in [0.15, 0.2) is 0 Å². The molecule has 0 bridgehead atoms. The van der Waals surface area contributed by atoms with Crippen molar-refractivity contribution in [2.75, 3.05) is 5.32 Å². The molecule has 2 aromatic rings. The quantitative estimate of drug-likeness (QED) is 0.805. The predicted octanol–water partition coefficient (Wildman–Crippen LogP) is 4.59. The predicted molar refractivity (Wildman–Crippen MR) is 81.2 cm³/mol. The molecule has 0 amide bonds. The van der Waals surface area contributed by atoms with Gasteiger partial charge in [-0.2, -0.15) is 4.39 Å². The van der Waals surface area contributed by atoms with E-state index in [1.165, 1.54) is 17.2 Å². The molecule has 106 valence electrons. The summed E-state index contributed by atoms with van der Waals surface area (Å²) >= 11 is 0. The Bertz CT molecular complexity index is 549. The zero-order valence-corrected chi connectivity index (χ0v) is 12.2. The lowest BCUT2D eigenvalue weighted by Crippen LogP contribution is -2.08. The molecule has 1 heterocycles. The van der Waals surface area contributed by atoms with Crippen molar-refractivity contribution in [2.45, 2.75) is 33.2 Å². The zero-order chi connectivity index (χ0) is 14.5. The van der Waals surface area contributed by atoms with E-state index < -0.39 is 5.95 Å². The molecular formula is C17H21FN2. The maximum atomic E-state index is 13.0. The number of nitrogens with zero attached hydrogens (tertiary/aromatic N) is 1. The number of pyridine rings is 1. The van der Waals surface area contributed by atoms with E-state index in [1.54, 1.807) is 12.1 Å². The van der Waals surface area contributed by atoms with Gasteiger partial charge in [0.25, 0.3) is 0 Å². The van der Waals surface area contributed by atoms with E-state index in [4.69, 9.17) is 0 Å². The maximum absolute atomic E-state index is 13.0. The number of rotatable bonds is 5. The third kappa shape index (κ3) is 4.05. The smallest absolute Gasteiger partial charge is 0.214 e. The fourth-order valence-corrected chi connectivity index (χ4v) is 2.21. The summed E-state index contributed by atoms with van der Waals surface area (Å²) in [6.45, 7) is 6.48. The Kier molecular flexibility index (Phi) is 4.72. The molecule has 1 aromatic heterocycles. The van der Waals surface area contributed by atoms with Crippen molar-refractivity contribution in [1.29, 1.82) is 0 Å². The highest BCUT2D eigenvalue weighted by Crippen LogP contribution is 2.19. The second-order valence-electron chi connectivity index (χ2n) is 5.55. The van der Waals surface area contributed by atoms with Gasteiger partial charge < -0.3 is 5.32 Å². The van der Waals surface area contributed by atoms with Crippen LogP contribution < -0.4 is 5.32 Å². The summed E-state index contributed by atoms with van der Waals surface area (Å²) in [4.78, 5) is 3.82. The lowest BCUT2D eigenvalue weighted by molar-refractivity contribution is 0.584. The molecule has 3 heteroatoms. The van der Waals surface area contributed by atoms with Crippen LogP contribution in [0.3, 0.4) is 0 Å². The van der Waals surface area contributed by atoms with Crippen molar-refractivity contribution in [2.24, 2.45) is 5.92 Å². The van der Waals surface area contributed by atoms with E-state index in [0.717, 1.165) is 6.42 Å². The standard InChI is InChI=1S/C17H21FN2/c1-12(2)11-14-7-9-15(10-8-14)13(3)19-17-6-4-5-16(18)20-17/h4-10,12-13H,11H2,1-3H3,(H,19,20). The summed E-state index contributed by atoms with van der Waals surface area (Å²) < 4.78 is 13.0. The van der Waals surface area contributed by atoms with Crippen LogP contribution in [0.1, 0.15) is 37.9 Å². The molecule has 1 N–H and O–H groups in total. The Morgan fingerprint density at radius 1 is 1.05 bits per heavy atom. The first-order chi connectivity index (χ1) is 9.54. The van der Waals surface area contributed by atoms with Gasteiger partial charge in [0.2, 0.25) is 5.95 Å². The highest BCUT2D eigenvalue weighted by molar-refractivity contribution is 5.38. The summed E-state index contributed by atoms with van der Waals surface area (Å²) in [5.41, 5.74) is 2.52. The first-order valence-electron chi connectivity index (χ1n) is 7.02. The summed E-state index contributed by atoms with van der Waals surface area (Å²) in [5.74, 6) is 0.756. The number of hydrogen-bond donors (Lipinski definition) is 1. The normalized spacial score (nSPS) is 12.4. The van der Waals surface area contributed by atoms with Crippen molar-refractivity contribution in [1.82, 2.24) is 4.98 Å². The highest BCUT2D eigenvalue weighted by atomic mass is 19.1. The zero-order valence-electron chi connectivity index (χ0n) is 12.2. The maximum Gasteiger partial charge on any atom is 0.214 e. The van der Waals surface area contributed by atoms with Crippen LogP contribution in [0.4, 0.5) is 10.2 Å². The Hall–Kier alpha value is -1.90. The molecule has 0 aliphatic carbocycles.